The normalized spacial score (nSPS) is 9.50. The van der Waals surface area contributed by atoms with Crippen molar-refractivity contribution < 1.29 is 8.91 Å². The second-order valence-electron chi connectivity index (χ2n) is 2.46. The van der Waals surface area contributed by atoms with Crippen LogP contribution in [0.15, 0.2) is 28.8 Å². The van der Waals surface area contributed by atoms with E-state index in [1.54, 1.807) is 12.1 Å². The lowest BCUT2D eigenvalue weighted by Crippen LogP contribution is -1.85. The van der Waals surface area contributed by atoms with Gasteiger partial charge in [0, 0.05) is 5.56 Å². The summed E-state index contributed by atoms with van der Waals surface area (Å²) in [6.45, 7) is 0. The van der Waals surface area contributed by atoms with Gasteiger partial charge < -0.3 is 10.3 Å². The van der Waals surface area contributed by atoms with Gasteiger partial charge in [-0.05, 0) is 29.4 Å². The number of hydrogen-bond acceptors (Lipinski definition) is 4. The first-order valence-electron chi connectivity index (χ1n) is 3.61. The van der Waals surface area contributed by atoms with E-state index < -0.39 is 0 Å². The number of benzene rings is 1. The third kappa shape index (κ3) is 2.00. The number of rotatable bonds is 1. The average Bonchev–Trinajstić information content (AvgIpc) is 2.53. The van der Waals surface area contributed by atoms with Crippen molar-refractivity contribution in [1.29, 1.82) is 0 Å². The van der Waals surface area contributed by atoms with Crippen LogP contribution in [0.1, 0.15) is 0 Å². The molecule has 0 radical (unpaired) electrons. The van der Waals surface area contributed by atoms with Crippen molar-refractivity contribution in [2.45, 2.75) is 0 Å². The molecule has 0 aliphatic carbocycles. The van der Waals surface area contributed by atoms with Crippen LogP contribution in [0.5, 0.6) is 0 Å². The molecule has 0 saturated carbocycles. The van der Waals surface area contributed by atoms with Crippen LogP contribution in [-0.4, -0.2) is 10.1 Å². The largest absolute Gasteiger partial charge is 0.365 e. The Morgan fingerprint density at radius 1 is 1.21 bits per heavy atom. The van der Waals surface area contributed by atoms with Gasteiger partial charge in [-0.15, -0.1) is 12.4 Å². The Labute approximate surface area is 85.3 Å². The summed E-state index contributed by atoms with van der Waals surface area (Å²) >= 11 is 0. The lowest BCUT2D eigenvalue weighted by molar-refractivity contribution is 0.433. The van der Waals surface area contributed by atoms with Gasteiger partial charge in [0.25, 0.3) is 11.8 Å². The number of nitrogens with two attached hydrogens (primary N) is 1. The summed E-state index contributed by atoms with van der Waals surface area (Å²) < 4.78 is 17.3. The maximum atomic E-state index is 12.5. The molecule has 1 aromatic carbocycles. The van der Waals surface area contributed by atoms with Crippen LogP contribution in [0, 0.1) is 5.82 Å². The zero-order valence-electron chi connectivity index (χ0n) is 6.98. The zero-order valence-corrected chi connectivity index (χ0v) is 7.79. The zero-order chi connectivity index (χ0) is 9.26. The molecule has 0 atom stereocenters. The molecule has 14 heavy (non-hydrogen) atoms. The molecule has 1 heterocycles. The molecule has 0 aliphatic rings. The molecule has 0 saturated heterocycles. The lowest BCUT2D eigenvalue weighted by Gasteiger charge is -1.91. The topological polar surface area (TPSA) is 64.9 Å². The monoisotopic (exact) mass is 215 g/mol. The van der Waals surface area contributed by atoms with Crippen molar-refractivity contribution in [2.75, 3.05) is 5.73 Å². The van der Waals surface area contributed by atoms with Gasteiger partial charge in [0.15, 0.2) is 0 Å². The molecule has 0 amide bonds. The van der Waals surface area contributed by atoms with Gasteiger partial charge in [-0.3, -0.25) is 0 Å². The van der Waals surface area contributed by atoms with Crippen molar-refractivity contribution >= 4 is 18.4 Å². The Morgan fingerprint density at radius 2 is 1.86 bits per heavy atom. The molecule has 0 unspecified atom stereocenters. The van der Waals surface area contributed by atoms with Crippen LogP contribution in [0.3, 0.4) is 0 Å². The third-order valence-corrected chi connectivity index (χ3v) is 1.53. The summed E-state index contributed by atoms with van der Waals surface area (Å²) in [6, 6.07) is 5.72. The highest BCUT2D eigenvalue weighted by molar-refractivity contribution is 5.85. The number of hydrogen-bond donors (Lipinski definition) is 1. The molecule has 2 rings (SSSR count). The van der Waals surface area contributed by atoms with Crippen LogP contribution in [0.2, 0.25) is 0 Å². The van der Waals surface area contributed by atoms with E-state index in [0.717, 1.165) is 0 Å². The Balaban J connectivity index is 0.000000980. The Morgan fingerprint density at radius 3 is 2.36 bits per heavy atom. The molecular formula is C8H7ClFN3O. The van der Waals surface area contributed by atoms with Crippen molar-refractivity contribution in [3.63, 3.8) is 0 Å². The van der Waals surface area contributed by atoms with E-state index in [-0.39, 0.29) is 30.1 Å². The van der Waals surface area contributed by atoms with E-state index in [0.29, 0.717) is 5.56 Å². The van der Waals surface area contributed by atoms with E-state index in [2.05, 4.69) is 10.1 Å². The average molecular weight is 216 g/mol. The fourth-order valence-electron chi connectivity index (χ4n) is 0.945. The predicted molar refractivity (Wildman–Crippen MR) is 51.4 cm³/mol. The van der Waals surface area contributed by atoms with Crippen LogP contribution in [-0.2, 0) is 0 Å². The van der Waals surface area contributed by atoms with E-state index in [4.69, 9.17) is 10.3 Å². The minimum atomic E-state index is -0.309. The second kappa shape index (κ2) is 4.06. The fourth-order valence-corrected chi connectivity index (χ4v) is 0.945. The molecule has 0 bridgehead atoms. The van der Waals surface area contributed by atoms with Crippen LogP contribution in [0.4, 0.5) is 10.3 Å². The van der Waals surface area contributed by atoms with E-state index in [9.17, 15) is 4.39 Å². The summed E-state index contributed by atoms with van der Waals surface area (Å²) in [4.78, 5) is 3.79. The molecule has 0 spiro atoms. The molecule has 0 aliphatic heterocycles. The molecule has 0 fully saturated rings. The van der Waals surface area contributed by atoms with Gasteiger partial charge in [-0.25, -0.2) is 4.39 Å². The van der Waals surface area contributed by atoms with Crippen molar-refractivity contribution in [3.05, 3.63) is 30.1 Å². The Bertz CT molecular complexity index is 415. The highest BCUT2D eigenvalue weighted by atomic mass is 35.5. The van der Waals surface area contributed by atoms with Gasteiger partial charge in [0.05, 0.1) is 0 Å². The SMILES string of the molecule is Cl.Nc1noc(-c2ccc(F)cc2)n1. The van der Waals surface area contributed by atoms with Gasteiger partial charge in [-0.2, -0.15) is 4.98 Å². The van der Waals surface area contributed by atoms with Gasteiger partial charge in [-0.1, -0.05) is 0 Å². The summed E-state index contributed by atoms with van der Waals surface area (Å²) in [5, 5.41) is 3.41. The van der Waals surface area contributed by atoms with E-state index in [1.807, 2.05) is 0 Å². The summed E-state index contributed by atoms with van der Waals surface area (Å²) in [5.41, 5.74) is 5.90. The Kier molecular flexibility index (Phi) is 3.03. The molecular weight excluding hydrogens is 209 g/mol. The van der Waals surface area contributed by atoms with Gasteiger partial charge in [0.1, 0.15) is 5.82 Å². The molecule has 1 aromatic heterocycles. The Hall–Kier alpha value is -1.62. The minimum absolute atomic E-state index is 0. The predicted octanol–water partition coefficient (Wildman–Crippen LogP) is 1.88. The number of aromatic nitrogens is 2. The first-order chi connectivity index (χ1) is 6.25. The summed E-state index contributed by atoms with van der Waals surface area (Å²) in [5.74, 6) is 0.0491. The highest BCUT2D eigenvalue weighted by Crippen LogP contribution is 2.17. The third-order valence-electron chi connectivity index (χ3n) is 1.53. The molecule has 4 nitrogen and oxygen atoms in total. The minimum Gasteiger partial charge on any atom is -0.365 e. The smallest absolute Gasteiger partial charge is 0.261 e. The van der Waals surface area contributed by atoms with Gasteiger partial charge in [0.2, 0.25) is 0 Å². The molecule has 2 N–H and O–H groups in total. The van der Waals surface area contributed by atoms with Crippen LogP contribution in [0.25, 0.3) is 11.5 Å². The lowest BCUT2D eigenvalue weighted by atomic mass is 10.2. The van der Waals surface area contributed by atoms with Crippen LogP contribution >= 0.6 is 12.4 Å². The second-order valence-corrected chi connectivity index (χ2v) is 2.46. The molecule has 2 aromatic rings. The van der Waals surface area contributed by atoms with E-state index in [1.165, 1.54) is 12.1 Å². The standard InChI is InChI=1S/C8H6FN3O.ClH/c9-6-3-1-5(2-4-6)7-11-8(10)12-13-7;/h1-4H,(H2,10,12);1H. The van der Waals surface area contributed by atoms with Crippen molar-refractivity contribution in [3.8, 4) is 11.5 Å². The van der Waals surface area contributed by atoms with Gasteiger partial charge >= 0.3 is 0 Å². The fraction of sp³-hybridized carbons (Fsp3) is 0. The van der Waals surface area contributed by atoms with Crippen molar-refractivity contribution in [1.82, 2.24) is 10.1 Å². The number of anilines is 1. The molecule has 6 heteroatoms. The summed E-state index contributed by atoms with van der Waals surface area (Å²) in [7, 11) is 0. The first-order valence-corrected chi connectivity index (χ1v) is 3.61. The van der Waals surface area contributed by atoms with E-state index >= 15 is 0 Å². The maximum absolute atomic E-state index is 12.5. The maximum Gasteiger partial charge on any atom is 0.261 e. The number of nitrogens with zero attached hydrogens (tertiary/aromatic N) is 2. The van der Waals surface area contributed by atoms with Crippen LogP contribution < -0.4 is 5.73 Å². The highest BCUT2D eigenvalue weighted by Gasteiger charge is 2.05. The van der Waals surface area contributed by atoms with Crippen molar-refractivity contribution in [2.24, 2.45) is 0 Å². The summed E-state index contributed by atoms with van der Waals surface area (Å²) in [6.07, 6.45) is 0. The quantitative estimate of drug-likeness (QED) is 0.789. The molecule has 74 valence electrons. The number of halogens is 2. The first kappa shape index (κ1) is 10.5. The number of nitrogen functional groups attached to an aromatic ring is 1.